The summed E-state index contributed by atoms with van der Waals surface area (Å²) < 4.78 is 32.0. The van der Waals surface area contributed by atoms with Crippen LogP contribution in [0.25, 0.3) is 28.0 Å². The minimum absolute atomic E-state index is 0.0833. The lowest BCUT2D eigenvalue weighted by atomic mass is 10.1. The fraction of sp³-hybridized carbons (Fsp3) is 0.467. The largest absolute Gasteiger partial charge is 0.487 e. The summed E-state index contributed by atoms with van der Waals surface area (Å²) in [5.74, 6) is -0.823. The first kappa shape index (κ1) is 31.3. The van der Waals surface area contributed by atoms with Gasteiger partial charge in [-0.2, -0.15) is 0 Å². The van der Waals surface area contributed by atoms with Gasteiger partial charge in [0, 0.05) is 45.2 Å². The Labute approximate surface area is 245 Å². The molecule has 0 spiro atoms. The Balaban J connectivity index is 1.93. The van der Waals surface area contributed by atoms with E-state index in [1.54, 1.807) is 23.8 Å². The van der Waals surface area contributed by atoms with Crippen molar-refractivity contribution in [2.45, 2.75) is 78.2 Å². The van der Waals surface area contributed by atoms with Gasteiger partial charge in [0.25, 0.3) is 0 Å². The molecule has 4 heterocycles. The van der Waals surface area contributed by atoms with Crippen LogP contribution in [0.3, 0.4) is 0 Å². The Morgan fingerprint density at radius 1 is 1.17 bits per heavy atom. The molecule has 4 rings (SSSR count). The second-order valence-electron chi connectivity index (χ2n) is 12.1. The Morgan fingerprint density at radius 2 is 1.90 bits per heavy atom. The number of aromatic nitrogens is 5. The zero-order valence-electron chi connectivity index (χ0n) is 25.2. The predicted molar refractivity (Wildman–Crippen MR) is 165 cm³/mol. The molecule has 0 bridgehead atoms. The predicted octanol–water partition coefficient (Wildman–Crippen LogP) is 5.03. The van der Waals surface area contributed by atoms with Gasteiger partial charge in [-0.15, -0.1) is 0 Å². The first-order valence-electron chi connectivity index (χ1n) is 14.1. The standard InChI is InChI=1S/C30H40FN5O5Si/c1-19(2)17-41-25-10-12-32-29-26(25)36(30(39)35(29)18-40-14-15-42(5,6)7)28-23(31)16-22-24(38)11-13-34(27(22)33-28)20(3)8-9-21(4)37/h10-13,16,20-21,37H,1,8-9,14-15,17-18H2,2-7H3. The average Bonchev–Trinajstić information content (AvgIpc) is 3.19. The molecule has 0 saturated carbocycles. The molecule has 4 aromatic rings. The number of imidazole rings is 1. The van der Waals surface area contributed by atoms with E-state index in [9.17, 15) is 14.7 Å². The Morgan fingerprint density at radius 3 is 2.57 bits per heavy atom. The van der Waals surface area contributed by atoms with E-state index in [1.807, 2.05) is 13.8 Å². The third-order valence-electron chi connectivity index (χ3n) is 6.98. The van der Waals surface area contributed by atoms with Gasteiger partial charge in [-0.3, -0.25) is 9.36 Å². The minimum atomic E-state index is -1.37. The van der Waals surface area contributed by atoms with Crippen molar-refractivity contribution < 1.29 is 19.0 Å². The van der Waals surface area contributed by atoms with Crippen molar-refractivity contribution in [3.63, 3.8) is 0 Å². The lowest BCUT2D eigenvalue weighted by molar-refractivity contribution is 0.0871. The molecule has 0 saturated heterocycles. The second kappa shape index (κ2) is 12.7. The maximum absolute atomic E-state index is 15.9. The van der Waals surface area contributed by atoms with Gasteiger partial charge >= 0.3 is 5.69 Å². The second-order valence-corrected chi connectivity index (χ2v) is 17.8. The molecule has 0 aliphatic rings. The van der Waals surface area contributed by atoms with E-state index in [1.165, 1.54) is 16.8 Å². The highest BCUT2D eigenvalue weighted by Gasteiger charge is 2.25. The number of rotatable bonds is 13. The number of pyridine rings is 3. The van der Waals surface area contributed by atoms with Crippen molar-refractivity contribution in [2.24, 2.45) is 0 Å². The highest BCUT2D eigenvalue weighted by atomic mass is 28.3. The summed E-state index contributed by atoms with van der Waals surface area (Å²) >= 11 is 0. The van der Waals surface area contributed by atoms with Gasteiger partial charge in [0.2, 0.25) is 0 Å². The highest BCUT2D eigenvalue weighted by molar-refractivity contribution is 6.76. The normalized spacial score (nSPS) is 13.5. The lowest BCUT2D eigenvalue weighted by Gasteiger charge is -2.19. The number of nitrogens with zero attached hydrogens (tertiary/aromatic N) is 5. The van der Waals surface area contributed by atoms with E-state index < -0.39 is 25.7 Å². The Kier molecular flexibility index (Phi) is 9.49. The minimum Gasteiger partial charge on any atom is -0.487 e. The molecule has 2 atom stereocenters. The van der Waals surface area contributed by atoms with E-state index in [2.05, 4.69) is 36.2 Å². The third-order valence-corrected chi connectivity index (χ3v) is 8.69. The van der Waals surface area contributed by atoms with Crippen molar-refractivity contribution in [1.82, 2.24) is 23.7 Å². The summed E-state index contributed by atoms with van der Waals surface area (Å²) in [5.41, 5.74) is 0.478. The fourth-order valence-electron chi connectivity index (χ4n) is 4.60. The topological polar surface area (TPSA) is 113 Å². The van der Waals surface area contributed by atoms with Gasteiger partial charge in [0.15, 0.2) is 22.7 Å². The molecule has 2 unspecified atom stereocenters. The molecule has 4 aromatic heterocycles. The summed E-state index contributed by atoms with van der Waals surface area (Å²) in [4.78, 5) is 35.7. The van der Waals surface area contributed by atoms with Crippen molar-refractivity contribution in [2.75, 3.05) is 13.2 Å². The van der Waals surface area contributed by atoms with Crippen molar-refractivity contribution in [1.29, 1.82) is 0 Å². The van der Waals surface area contributed by atoms with Crippen LogP contribution in [0.15, 0.2) is 52.3 Å². The van der Waals surface area contributed by atoms with Gasteiger partial charge in [0.1, 0.15) is 30.3 Å². The van der Waals surface area contributed by atoms with Crippen LogP contribution >= 0.6 is 0 Å². The number of aliphatic hydroxyl groups is 1. The molecule has 0 amide bonds. The van der Waals surface area contributed by atoms with Crippen LogP contribution in [0.2, 0.25) is 25.7 Å². The van der Waals surface area contributed by atoms with Gasteiger partial charge < -0.3 is 19.1 Å². The maximum atomic E-state index is 15.9. The van der Waals surface area contributed by atoms with E-state index in [4.69, 9.17) is 9.47 Å². The summed E-state index contributed by atoms with van der Waals surface area (Å²) in [7, 11) is -1.37. The molecule has 0 aliphatic carbocycles. The van der Waals surface area contributed by atoms with Crippen molar-refractivity contribution in [3.05, 3.63) is 69.3 Å². The summed E-state index contributed by atoms with van der Waals surface area (Å²) in [5, 5.41) is 9.88. The van der Waals surface area contributed by atoms with E-state index in [-0.39, 0.29) is 52.8 Å². The molecule has 0 radical (unpaired) electrons. The van der Waals surface area contributed by atoms with Crippen LogP contribution in [-0.4, -0.2) is 56.2 Å². The molecule has 12 heteroatoms. The summed E-state index contributed by atoms with van der Waals surface area (Å²) in [6, 6.07) is 4.83. The van der Waals surface area contributed by atoms with Crippen LogP contribution < -0.4 is 15.9 Å². The smallest absolute Gasteiger partial charge is 0.338 e. The summed E-state index contributed by atoms with van der Waals surface area (Å²) in [6.07, 6.45) is 3.75. The first-order chi connectivity index (χ1) is 19.8. The van der Waals surface area contributed by atoms with E-state index >= 15 is 4.39 Å². The Hall–Kier alpha value is -3.61. The molecule has 0 fully saturated rings. The average molecular weight is 598 g/mol. The zero-order valence-corrected chi connectivity index (χ0v) is 26.2. The summed E-state index contributed by atoms with van der Waals surface area (Å²) in [6.45, 7) is 16.6. The van der Waals surface area contributed by atoms with Crippen molar-refractivity contribution in [3.8, 4) is 11.6 Å². The van der Waals surface area contributed by atoms with Crippen LogP contribution in [0, 0.1) is 5.82 Å². The van der Waals surface area contributed by atoms with Crippen LogP contribution in [0.4, 0.5) is 4.39 Å². The quantitative estimate of drug-likeness (QED) is 0.131. The van der Waals surface area contributed by atoms with Crippen LogP contribution in [0.5, 0.6) is 5.75 Å². The first-order valence-corrected chi connectivity index (χ1v) is 17.8. The van der Waals surface area contributed by atoms with Crippen molar-refractivity contribution >= 4 is 30.3 Å². The molecule has 0 aromatic carbocycles. The maximum Gasteiger partial charge on any atom is 0.338 e. The van der Waals surface area contributed by atoms with Gasteiger partial charge in [-0.05, 0) is 51.3 Å². The van der Waals surface area contributed by atoms with E-state index in [0.717, 1.165) is 22.3 Å². The SMILES string of the molecule is C=C(C)COc1ccnc2c1n(-c1nc3c(cc1F)c(=O)ccn3C(C)CCC(C)O)c(=O)n2COCC[Si](C)(C)C. The molecular weight excluding hydrogens is 557 g/mol. The molecule has 0 aliphatic heterocycles. The highest BCUT2D eigenvalue weighted by Crippen LogP contribution is 2.28. The lowest BCUT2D eigenvalue weighted by Crippen LogP contribution is -2.27. The van der Waals surface area contributed by atoms with Crippen LogP contribution in [0.1, 0.15) is 39.7 Å². The van der Waals surface area contributed by atoms with E-state index in [0.29, 0.717) is 25.2 Å². The number of hydrogen-bond donors (Lipinski definition) is 1. The van der Waals surface area contributed by atoms with Crippen LogP contribution in [-0.2, 0) is 11.5 Å². The molecule has 10 nitrogen and oxygen atoms in total. The van der Waals surface area contributed by atoms with Gasteiger partial charge in [-0.1, -0.05) is 26.2 Å². The monoisotopic (exact) mass is 597 g/mol. The number of aliphatic hydroxyl groups excluding tert-OH is 1. The number of fused-ring (bicyclic) bond motifs is 2. The molecule has 226 valence electrons. The number of hydrogen-bond acceptors (Lipinski definition) is 7. The molecule has 42 heavy (non-hydrogen) atoms. The van der Waals surface area contributed by atoms with Gasteiger partial charge in [-0.25, -0.2) is 23.7 Å². The molecule has 1 N–H and O–H groups in total. The van der Waals surface area contributed by atoms with Gasteiger partial charge in [0.05, 0.1) is 11.5 Å². The number of halogens is 1. The fourth-order valence-corrected chi connectivity index (χ4v) is 5.35. The third kappa shape index (κ3) is 6.88. The number of ether oxygens (including phenoxy) is 2. The molecular formula is C30H40FN5O5Si. The zero-order chi connectivity index (χ0) is 30.8. The Bertz CT molecular complexity index is 1720.